The van der Waals surface area contributed by atoms with Crippen LogP contribution in [0, 0.1) is 0 Å². The van der Waals surface area contributed by atoms with E-state index >= 15 is 0 Å². The smallest absolute Gasteiger partial charge is 0.265 e. The van der Waals surface area contributed by atoms with E-state index in [9.17, 15) is 13.2 Å². The topological polar surface area (TPSA) is 71.4 Å². The molecule has 6 heteroatoms. The SMILES string of the molecule is CC(=O)SCCS(=O)(=O)O. The Labute approximate surface area is 63.7 Å². The fourth-order valence-electron chi connectivity index (χ4n) is 0.291. The van der Waals surface area contributed by atoms with Gasteiger partial charge in [0.1, 0.15) is 0 Å². The second-order valence-electron chi connectivity index (χ2n) is 1.63. The first-order valence-electron chi connectivity index (χ1n) is 2.50. The molecular weight excluding hydrogens is 176 g/mol. The molecule has 0 unspecified atom stereocenters. The lowest BCUT2D eigenvalue weighted by atomic mass is 10.9. The second kappa shape index (κ2) is 3.95. The van der Waals surface area contributed by atoms with Crippen molar-refractivity contribution in [2.24, 2.45) is 0 Å². The van der Waals surface area contributed by atoms with Gasteiger partial charge in [-0.1, -0.05) is 11.8 Å². The number of carbonyl (C=O) groups is 1. The Bertz CT molecular complexity index is 205. The van der Waals surface area contributed by atoms with Gasteiger partial charge in [-0.3, -0.25) is 9.35 Å². The highest BCUT2D eigenvalue weighted by Crippen LogP contribution is 2.01. The van der Waals surface area contributed by atoms with Crippen molar-refractivity contribution in [2.45, 2.75) is 6.92 Å². The first-order valence-corrected chi connectivity index (χ1v) is 5.10. The largest absolute Gasteiger partial charge is 0.288 e. The molecule has 0 aliphatic carbocycles. The molecule has 0 amide bonds. The molecule has 60 valence electrons. The predicted octanol–water partition coefficient (Wildman–Crippen LogP) is 0.154. The van der Waals surface area contributed by atoms with Gasteiger partial charge in [0.05, 0.1) is 5.75 Å². The molecule has 0 aliphatic heterocycles. The lowest BCUT2D eigenvalue weighted by Gasteiger charge is -1.92. The van der Waals surface area contributed by atoms with Gasteiger partial charge in [0.15, 0.2) is 5.12 Å². The van der Waals surface area contributed by atoms with Crippen LogP contribution in [0.1, 0.15) is 6.92 Å². The first kappa shape index (κ1) is 9.93. The summed E-state index contributed by atoms with van der Waals surface area (Å²) in [6.07, 6.45) is 0. The third-order valence-electron chi connectivity index (χ3n) is 0.647. The van der Waals surface area contributed by atoms with Crippen LogP contribution in [-0.4, -0.2) is 29.6 Å². The van der Waals surface area contributed by atoms with Gasteiger partial charge in [-0.15, -0.1) is 0 Å². The summed E-state index contributed by atoms with van der Waals surface area (Å²) in [5.41, 5.74) is 0. The number of hydrogen-bond donors (Lipinski definition) is 1. The van der Waals surface area contributed by atoms with Crippen molar-refractivity contribution in [2.75, 3.05) is 11.5 Å². The molecule has 1 N–H and O–H groups in total. The van der Waals surface area contributed by atoms with Crippen molar-refractivity contribution < 1.29 is 17.8 Å². The van der Waals surface area contributed by atoms with Crippen LogP contribution in [0.25, 0.3) is 0 Å². The molecule has 0 radical (unpaired) electrons. The zero-order valence-corrected chi connectivity index (χ0v) is 7.04. The van der Waals surface area contributed by atoms with Crippen LogP contribution in [0.5, 0.6) is 0 Å². The van der Waals surface area contributed by atoms with E-state index in [1.807, 2.05) is 0 Å². The highest BCUT2D eigenvalue weighted by molar-refractivity contribution is 8.13. The molecule has 0 atom stereocenters. The summed E-state index contributed by atoms with van der Waals surface area (Å²) in [5.74, 6) is -0.245. The summed E-state index contributed by atoms with van der Waals surface area (Å²) in [5, 5.41) is -0.149. The van der Waals surface area contributed by atoms with Crippen molar-refractivity contribution in [1.29, 1.82) is 0 Å². The third kappa shape index (κ3) is 7.93. The molecule has 0 spiro atoms. The summed E-state index contributed by atoms with van der Waals surface area (Å²) >= 11 is 0.880. The average Bonchev–Trinajstić information content (AvgIpc) is 1.59. The zero-order valence-electron chi connectivity index (χ0n) is 5.40. The van der Waals surface area contributed by atoms with E-state index in [0.29, 0.717) is 0 Å². The van der Waals surface area contributed by atoms with Crippen molar-refractivity contribution in [3.8, 4) is 0 Å². The third-order valence-corrected chi connectivity index (χ3v) is 2.44. The van der Waals surface area contributed by atoms with Crippen molar-refractivity contribution in [1.82, 2.24) is 0 Å². The van der Waals surface area contributed by atoms with Crippen LogP contribution in [0.15, 0.2) is 0 Å². The van der Waals surface area contributed by atoms with Gasteiger partial charge >= 0.3 is 0 Å². The maximum absolute atomic E-state index is 10.2. The van der Waals surface area contributed by atoms with E-state index in [2.05, 4.69) is 0 Å². The highest BCUT2D eigenvalue weighted by atomic mass is 32.2. The maximum Gasteiger partial charge on any atom is 0.265 e. The summed E-state index contributed by atoms with van der Waals surface area (Å²) < 4.78 is 28.3. The maximum atomic E-state index is 10.2. The van der Waals surface area contributed by atoms with Crippen LogP contribution >= 0.6 is 11.8 Å². The van der Waals surface area contributed by atoms with Crippen LogP contribution in [0.3, 0.4) is 0 Å². The average molecular weight is 184 g/mol. The molecule has 0 aromatic carbocycles. The Hall–Kier alpha value is -0.0700. The molecule has 0 saturated heterocycles. The monoisotopic (exact) mass is 184 g/mol. The van der Waals surface area contributed by atoms with Crippen LogP contribution in [0.4, 0.5) is 0 Å². The van der Waals surface area contributed by atoms with E-state index in [1.54, 1.807) is 0 Å². The van der Waals surface area contributed by atoms with E-state index in [-0.39, 0.29) is 16.6 Å². The highest BCUT2D eigenvalue weighted by Gasteiger charge is 2.04. The van der Waals surface area contributed by atoms with Gasteiger partial charge < -0.3 is 0 Å². The Morgan fingerprint density at radius 1 is 1.60 bits per heavy atom. The minimum Gasteiger partial charge on any atom is -0.288 e. The van der Waals surface area contributed by atoms with Gasteiger partial charge in [-0.05, 0) is 0 Å². The Kier molecular flexibility index (Phi) is 3.92. The van der Waals surface area contributed by atoms with Crippen LogP contribution in [-0.2, 0) is 14.9 Å². The fourth-order valence-corrected chi connectivity index (χ4v) is 1.75. The van der Waals surface area contributed by atoms with Crippen LogP contribution < -0.4 is 0 Å². The molecule has 4 nitrogen and oxygen atoms in total. The fraction of sp³-hybridized carbons (Fsp3) is 0.750. The molecule has 0 bridgehead atoms. The van der Waals surface area contributed by atoms with E-state index in [4.69, 9.17) is 4.55 Å². The van der Waals surface area contributed by atoms with Gasteiger partial charge in [-0.2, -0.15) is 8.42 Å². The summed E-state index contributed by atoms with van der Waals surface area (Å²) in [4.78, 5) is 10.2. The molecular formula is C4H8O4S2. The van der Waals surface area contributed by atoms with Gasteiger partial charge in [0, 0.05) is 12.7 Å². The number of carbonyl (C=O) groups excluding carboxylic acids is 1. The molecule has 0 saturated carbocycles. The van der Waals surface area contributed by atoms with Crippen molar-refractivity contribution in [3.63, 3.8) is 0 Å². The Morgan fingerprint density at radius 3 is 2.40 bits per heavy atom. The normalized spacial score (nSPS) is 11.4. The van der Waals surface area contributed by atoms with Crippen molar-refractivity contribution >= 4 is 27.0 Å². The summed E-state index contributed by atoms with van der Waals surface area (Å²) in [7, 11) is -3.89. The minimum atomic E-state index is -3.89. The number of thioether (sulfide) groups is 1. The van der Waals surface area contributed by atoms with Crippen molar-refractivity contribution in [3.05, 3.63) is 0 Å². The van der Waals surface area contributed by atoms with E-state index in [1.165, 1.54) is 6.92 Å². The van der Waals surface area contributed by atoms with E-state index in [0.717, 1.165) is 11.8 Å². The molecule has 0 heterocycles. The second-order valence-corrected chi connectivity index (χ2v) is 4.47. The lowest BCUT2D eigenvalue weighted by Crippen LogP contribution is -2.06. The predicted molar refractivity (Wildman–Crippen MR) is 39.6 cm³/mol. The zero-order chi connectivity index (χ0) is 8.20. The van der Waals surface area contributed by atoms with E-state index < -0.39 is 10.1 Å². The summed E-state index contributed by atoms with van der Waals surface area (Å²) in [6, 6.07) is 0. The van der Waals surface area contributed by atoms with Gasteiger partial charge in [-0.25, -0.2) is 0 Å². The Morgan fingerprint density at radius 2 is 2.10 bits per heavy atom. The standard InChI is InChI=1S/C4H8O4S2/c1-4(5)9-2-3-10(6,7)8/h2-3H2,1H3,(H,6,7,8). The Balaban J connectivity index is 3.49. The molecule has 10 heavy (non-hydrogen) atoms. The van der Waals surface area contributed by atoms with Gasteiger partial charge in [0.2, 0.25) is 0 Å². The number of hydrogen-bond acceptors (Lipinski definition) is 4. The summed E-state index contributed by atoms with van der Waals surface area (Å²) in [6.45, 7) is 1.34. The molecule has 0 aromatic rings. The van der Waals surface area contributed by atoms with Crippen LogP contribution in [0.2, 0.25) is 0 Å². The number of rotatable bonds is 3. The quantitative estimate of drug-likeness (QED) is 0.632. The molecule has 0 rings (SSSR count). The molecule has 0 aromatic heterocycles. The minimum absolute atomic E-state index is 0.119. The molecule has 0 aliphatic rings. The lowest BCUT2D eigenvalue weighted by molar-refractivity contribution is -0.109. The first-order chi connectivity index (χ1) is 4.42. The van der Waals surface area contributed by atoms with Gasteiger partial charge in [0.25, 0.3) is 10.1 Å². The molecule has 0 fully saturated rings.